The number of aryl methyl sites for hydroxylation is 1. The number of esters is 1. The van der Waals surface area contributed by atoms with Crippen LogP contribution in [0.2, 0.25) is 10.0 Å². The van der Waals surface area contributed by atoms with Crippen molar-refractivity contribution in [2.45, 2.75) is 6.92 Å². The molecule has 204 valence electrons. The Kier molecular flexibility index (Phi) is 8.45. The van der Waals surface area contributed by atoms with Gasteiger partial charge in [-0.2, -0.15) is 5.10 Å². The molecule has 10 heteroatoms. The summed E-state index contributed by atoms with van der Waals surface area (Å²) in [5.41, 5.74) is 5.35. The molecule has 0 fully saturated rings. The van der Waals surface area contributed by atoms with Crippen molar-refractivity contribution in [1.29, 1.82) is 0 Å². The highest BCUT2D eigenvalue weighted by molar-refractivity contribution is 7.21. The van der Waals surface area contributed by atoms with Gasteiger partial charge in [0.1, 0.15) is 10.6 Å². The Bertz CT molecular complexity index is 1820. The number of carbonyl (C=O) groups is 3. The zero-order valence-corrected chi connectivity index (χ0v) is 23.8. The van der Waals surface area contributed by atoms with Gasteiger partial charge in [0, 0.05) is 37.5 Å². The van der Waals surface area contributed by atoms with Crippen LogP contribution in [0.1, 0.15) is 41.5 Å². The predicted molar refractivity (Wildman–Crippen MR) is 164 cm³/mol. The average molecular weight is 602 g/mol. The molecule has 0 saturated carbocycles. The SMILES string of the molecule is Cc1cccc(C(=O)Nc2ccc(C(=O)N/N=C\c3ccccc3OC(=O)c3sc4cc(Cl)ccc4c3Cl)cc2)c1. The maximum Gasteiger partial charge on any atom is 0.355 e. The summed E-state index contributed by atoms with van der Waals surface area (Å²) in [6.45, 7) is 1.91. The summed E-state index contributed by atoms with van der Waals surface area (Å²) >= 11 is 13.7. The lowest BCUT2D eigenvalue weighted by molar-refractivity contribution is 0.0739. The molecule has 7 nitrogen and oxygen atoms in total. The van der Waals surface area contributed by atoms with Crippen LogP contribution in [0.25, 0.3) is 10.1 Å². The van der Waals surface area contributed by atoms with Gasteiger partial charge >= 0.3 is 5.97 Å². The van der Waals surface area contributed by atoms with Gasteiger partial charge in [0.15, 0.2) is 0 Å². The van der Waals surface area contributed by atoms with Crippen LogP contribution in [0.4, 0.5) is 5.69 Å². The van der Waals surface area contributed by atoms with E-state index in [0.29, 0.717) is 37.8 Å². The molecule has 4 aromatic carbocycles. The maximum atomic E-state index is 12.9. The van der Waals surface area contributed by atoms with Gasteiger partial charge in [-0.25, -0.2) is 10.2 Å². The number of hydrogen-bond acceptors (Lipinski definition) is 6. The monoisotopic (exact) mass is 601 g/mol. The average Bonchev–Trinajstić information content (AvgIpc) is 3.29. The van der Waals surface area contributed by atoms with E-state index in [1.54, 1.807) is 78.9 Å². The van der Waals surface area contributed by atoms with Gasteiger partial charge in [-0.15, -0.1) is 11.3 Å². The van der Waals surface area contributed by atoms with Crippen molar-refractivity contribution in [3.05, 3.63) is 128 Å². The van der Waals surface area contributed by atoms with Crippen molar-refractivity contribution >= 4 is 74.3 Å². The molecule has 5 aromatic rings. The maximum absolute atomic E-state index is 12.9. The number of anilines is 1. The van der Waals surface area contributed by atoms with Crippen LogP contribution in [0, 0.1) is 6.92 Å². The molecule has 1 heterocycles. The number of nitrogens with zero attached hydrogens (tertiary/aromatic N) is 1. The van der Waals surface area contributed by atoms with E-state index in [-0.39, 0.29) is 16.5 Å². The predicted octanol–water partition coefficient (Wildman–Crippen LogP) is 7.75. The fourth-order valence-electron chi connectivity index (χ4n) is 3.92. The summed E-state index contributed by atoms with van der Waals surface area (Å²) in [4.78, 5) is 38.2. The summed E-state index contributed by atoms with van der Waals surface area (Å²) < 4.78 is 6.39. The van der Waals surface area contributed by atoms with Crippen molar-refractivity contribution in [2.24, 2.45) is 5.10 Å². The van der Waals surface area contributed by atoms with Crippen LogP contribution in [0.3, 0.4) is 0 Å². The van der Waals surface area contributed by atoms with Gasteiger partial charge in [0.25, 0.3) is 11.8 Å². The largest absolute Gasteiger partial charge is 0.422 e. The highest BCUT2D eigenvalue weighted by Crippen LogP contribution is 2.37. The Balaban J connectivity index is 1.22. The van der Waals surface area contributed by atoms with E-state index < -0.39 is 11.9 Å². The van der Waals surface area contributed by atoms with Gasteiger partial charge in [0.05, 0.1) is 11.2 Å². The van der Waals surface area contributed by atoms with E-state index in [4.69, 9.17) is 27.9 Å². The Morgan fingerprint density at radius 3 is 2.41 bits per heavy atom. The highest BCUT2D eigenvalue weighted by Gasteiger charge is 2.20. The Morgan fingerprint density at radius 2 is 1.63 bits per heavy atom. The van der Waals surface area contributed by atoms with Crippen molar-refractivity contribution in [3.8, 4) is 5.75 Å². The summed E-state index contributed by atoms with van der Waals surface area (Å²) in [7, 11) is 0. The lowest BCUT2D eigenvalue weighted by atomic mass is 10.1. The van der Waals surface area contributed by atoms with E-state index in [1.165, 1.54) is 17.6 Å². The Morgan fingerprint density at radius 1 is 0.854 bits per heavy atom. The van der Waals surface area contributed by atoms with Crippen LogP contribution in [0.15, 0.2) is 96.1 Å². The minimum absolute atomic E-state index is 0.242. The lowest BCUT2D eigenvalue weighted by Gasteiger charge is -2.07. The number of nitrogens with one attached hydrogen (secondary N) is 2. The third-order valence-electron chi connectivity index (χ3n) is 5.95. The molecular formula is C31H21Cl2N3O4S. The van der Waals surface area contributed by atoms with Crippen LogP contribution in [-0.4, -0.2) is 24.0 Å². The van der Waals surface area contributed by atoms with E-state index in [9.17, 15) is 14.4 Å². The highest BCUT2D eigenvalue weighted by atomic mass is 35.5. The van der Waals surface area contributed by atoms with Gasteiger partial charge < -0.3 is 10.1 Å². The van der Waals surface area contributed by atoms with Crippen molar-refractivity contribution in [2.75, 3.05) is 5.32 Å². The number of rotatable bonds is 7. The zero-order chi connectivity index (χ0) is 28.9. The van der Waals surface area contributed by atoms with Crippen LogP contribution >= 0.6 is 34.5 Å². The molecule has 0 atom stereocenters. The summed E-state index contributed by atoms with van der Waals surface area (Å²) in [6.07, 6.45) is 1.38. The Hall–Kier alpha value is -4.50. The summed E-state index contributed by atoms with van der Waals surface area (Å²) in [5, 5.41) is 8.38. The van der Waals surface area contributed by atoms with E-state index >= 15 is 0 Å². The fraction of sp³-hybridized carbons (Fsp3) is 0.0323. The molecular weight excluding hydrogens is 581 g/mol. The van der Waals surface area contributed by atoms with Crippen molar-refractivity contribution < 1.29 is 19.1 Å². The zero-order valence-electron chi connectivity index (χ0n) is 21.5. The number of benzene rings is 4. The molecule has 0 aliphatic carbocycles. The second-order valence-electron chi connectivity index (χ2n) is 8.91. The molecule has 2 amide bonds. The van der Waals surface area contributed by atoms with Crippen LogP contribution < -0.4 is 15.5 Å². The number of hydrazone groups is 1. The number of hydrogen-bond donors (Lipinski definition) is 2. The second kappa shape index (κ2) is 12.3. The fourth-order valence-corrected chi connectivity index (χ4v) is 5.58. The molecule has 41 heavy (non-hydrogen) atoms. The summed E-state index contributed by atoms with van der Waals surface area (Å²) in [6, 6.07) is 25.6. The number of carbonyl (C=O) groups excluding carboxylic acids is 3. The van der Waals surface area contributed by atoms with E-state index in [0.717, 1.165) is 10.3 Å². The molecule has 0 radical (unpaired) electrons. The first-order valence-electron chi connectivity index (χ1n) is 12.3. The first-order valence-corrected chi connectivity index (χ1v) is 13.9. The topological polar surface area (TPSA) is 96.9 Å². The number of para-hydroxylation sites is 1. The van der Waals surface area contributed by atoms with Gasteiger partial charge in [-0.05, 0) is 67.6 Å². The molecule has 0 spiro atoms. The Labute approximate surface area is 249 Å². The van der Waals surface area contributed by atoms with Gasteiger partial charge in [-0.1, -0.05) is 59.1 Å². The first-order chi connectivity index (χ1) is 19.8. The molecule has 5 rings (SSSR count). The van der Waals surface area contributed by atoms with Crippen molar-refractivity contribution in [1.82, 2.24) is 5.43 Å². The summed E-state index contributed by atoms with van der Waals surface area (Å²) in [5.74, 6) is -1.07. The number of fused-ring (bicyclic) bond motifs is 1. The third-order valence-corrected chi connectivity index (χ3v) is 7.83. The number of ether oxygens (including phenoxy) is 1. The molecule has 0 saturated heterocycles. The number of halogens is 2. The number of thiophene rings is 1. The normalized spacial score (nSPS) is 11.0. The molecule has 0 unspecified atom stereocenters. The molecule has 0 bridgehead atoms. The molecule has 0 aliphatic heterocycles. The standard InChI is InChI=1S/C31H21Cl2N3O4S/c1-18-5-4-7-20(15-18)29(37)35-23-12-9-19(10-13-23)30(38)36-34-17-21-6-2-3-8-25(21)40-31(39)28-27(33)24-14-11-22(32)16-26(24)41-28/h2-17H,1H3,(H,35,37)(H,36,38)/b34-17-. The second-order valence-corrected chi connectivity index (χ2v) is 10.8. The number of amides is 2. The van der Waals surface area contributed by atoms with E-state index in [1.807, 2.05) is 19.1 Å². The van der Waals surface area contributed by atoms with Gasteiger partial charge in [-0.3, -0.25) is 9.59 Å². The van der Waals surface area contributed by atoms with E-state index in [2.05, 4.69) is 15.8 Å². The van der Waals surface area contributed by atoms with Crippen LogP contribution in [0.5, 0.6) is 5.75 Å². The molecule has 0 aliphatic rings. The van der Waals surface area contributed by atoms with Gasteiger partial charge in [0.2, 0.25) is 0 Å². The smallest absolute Gasteiger partial charge is 0.355 e. The lowest BCUT2D eigenvalue weighted by Crippen LogP contribution is -2.18. The first kappa shape index (κ1) is 28.0. The van der Waals surface area contributed by atoms with Crippen molar-refractivity contribution in [3.63, 3.8) is 0 Å². The third kappa shape index (κ3) is 6.63. The molecule has 2 N–H and O–H groups in total. The van der Waals surface area contributed by atoms with Crippen LogP contribution in [-0.2, 0) is 0 Å². The quantitative estimate of drug-likeness (QED) is 0.0862. The molecule has 1 aromatic heterocycles. The minimum atomic E-state index is -0.619. The minimum Gasteiger partial charge on any atom is -0.422 e.